The zero-order chi connectivity index (χ0) is 9.94. The molecule has 0 bridgehead atoms. The van der Waals surface area contributed by atoms with Crippen molar-refractivity contribution in [3.63, 3.8) is 0 Å². The molecule has 0 amide bonds. The van der Waals surface area contributed by atoms with E-state index in [2.05, 4.69) is 16.3 Å². The lowest BCUT2D eigenvalue weighted by Crippen LogP contribution is -1.90. The summed E-state index contributed by atoms with van der Waals surface area (Å²) < 4.78 is 37.5. The Morgan fingerprint density at radius 3 is 3.71 bits per heavy atom. The van der Waals surface area contributed by atoms with E-state index in [4.69, 9.17) is 6.85 Å². The second-order valence-corrected chi connectivity index (χ2v) is 0.875. The Kier molecular flexibility index (Phi) is 0.938. The molecule has 0 spiro atoms. The molecule has 40 valence electrons. The Labute approximate surface area is 53.7 Å². The van der Waals surface area contributed by atoms with Crippen LogP contribution in [-0.4, -0.2) is 12.0 Å². The monoisotopic (exact) mass is 125 g/mol. The predicted octanol–water partition coefficient (Wildman–Crippen LogP) is 1.55. The van der Waals surface area contributed by atoms with Gasteiger partial charge in [0.2, 0.25) is 0 Å². The highest BCUT2D eigenvalue weighted by Crippen LogP contribution is 1.84. The molecular weight excluding hydrogens is 115 g/mol. The van der Waals surface area contributed by atoms with E-state index in [-0.39, 0.29) is 0 Å². The third-order valence-corrected chi connectivity index (χ3v) is 0.259. The summed E-state index contributed by atoms with van der Waals surface area (Å²) in [6.07, 6.45) is 0. The third kappa shape index (κ3) is 5.50. The second kappa shape index (κ2) is 3.68. The molecule has 0 aliphatic rings. The molecule has 3 heteroatoms. The fourth-order valence-electron chi connectivity index (χ4n) is 0.0656. The van der Waals surface area contributed by atoms with E-state index < -0.39 is 24.6 Å². The van der Waals surface area contributed by atoms with E-state index in [0.717, 1.165) is 0 Å². The molecule has 0 saturated heterocycles. The van der Waals surface area contributed by atoms with Gasteiger partial charge in [0.1, 0.15) is 6.56 Å². The molecule has 0 aromatic carbocycles. The molecule has 0 unspecified atom stereocenters. The van der Waals surface area contributed by atoms with Crippen LogP contribution in [0, 0.1) is 0 Å². The number of ether oxygens (including phenoxy) is 1. The molecule has 0 rings (SSSR count). The number of carbonyl (C=O) groups is 1. The molecular formula is C4H5ClO2. The van der Waals surface area contributed by atoms with Gasteiger partial charge in [-0.15, -0.1) is 0 Å². The molecule has 0 heterocycles. The maximum atomic E-state index is 10.1. The molecule has 2 nitrogen and oxygen atoms in total. The van der Waals surface area contributed by atoms with Crippen LogP contribution >= 0.6 is 11.6 Å². The highest BCUT2D eigenvalue weighted by molar-refractivity contribution is 6.61. The Hall–Kier alpha value is -0.500. The van der Waals surface area contributed by atoms with Gasteiger partial charge in [-0.2, -0.15) is 0 Å². The van der Waals surface area contributed by atoms with Gasteiger partial charge in [-0.05, 0) is 0 Å². The average Bonchev–Trinajstić information content (AvgIpc) is 1.82. The van der Waals surface area contributed by atoms with E-state index in [1.165, 1.54) is 0 Å². The van der Waals surface area contributed by atoms with E-state index >= 15 is 0 Å². The summed E-state index contributed by atoms with van der Waals surface area (Å²) in [4.78, 5) is 10.1. The predicted molar refractivity (Wildman–Crippen MR) is 27.4 cm³/mol. The SMILES string of the molecule is [2H]C([2H])=C([2H])C([2H])([2H])OC(=O)Cl. The van der Waals surface area contributed by atoms with Crippen LogP contribution in [0.2, 0.25) is 0 Å². The Morgan fingerprint density at radius 2 is 3.29 bits per heavy atom. The van der Waals surface area contributed by atoms with E-state index in [9.17, 15) is 4.79 Å². The van der Waals surface area contributed by atoms with Crippen LogP contribution < -0.4 is 0 Å². The van der Waals surface area contributed by atoms with Crippen molar-refractivity contribution in [3.05, 3.63) is 12.6 Å². The molecule has 0 radical (unpaired) electrons. The number of carbonyl (C=O) groups excluding carboxylic acids is 1. The van der Waals surface area contributed by atoms with Crippen molar-refractivity contribution in [1.82, 2.24) is 0 Å². The molecule has 0 aliphatic carbocycles. The first-order valence-electron chi connectivity index (χ1n) is 3.80. The van der Waals surface area contributed by atoms with Crippen molar-refractivity contribution < 1.29 is 16.4 Å². The number of hydrogen-bond donors (Lipinski definition) is 0. The fraction of sp³-hybridized carbons (Fsp3) is 0.250. The Balaban J connectivity index is 4.62. The van der Waals surface area contributed by atoms with Gasteiger partial charge >= 0.3 is 5.43 Å². The zero-order valence-electron chi connectivity index (χ0n) is 8.19. The summed E-state index contributed by atoms with van der Waals surface area (Å²) in [7, 11) is 0. The average molecular weight is 126 g/mol. The van der Waals surface area contributed by atoms with Crippen molar-refractivity contribution >= 4 is 17.0 Å². The van der Waals surface area contributed by atoms with E-state index in [1.54, 1.807) is 0 Å². The lowest BCUT2D eigenvalue weighted by molar-refractivity contribution is 0.186. The quantitative estimate of drug-likeness (QED) is 0.414. The van der Waals surface area contributed by atoms with E-state index in [1.807, 2.05) is 0 Å². The van der Waals surface area contributed by atoms with Crippen molar-refractivity contribution in [2.24, 2.45) is 0 Å². The molecule has 7 heavy (non-hydrogen) atoms. The Morgan fingerprint density at radius 1 is 2.57 bits per heavy atom. The van der Waals surface area contributed by atoms with Crippen molar-refractivity contribution in [2.45, 2.75) is 0 Å². The standard InChI is InChI=1S/C4H5ClO2/c1-2-3-7-4(5)6/h2H,1,3H2/i1D2,2D,3D2. The minimum Gasteiger partial charge on any atom is -0.449 e. The van der Waals surface area contributed by atoms with Gasteiger partial charge in [-0.25, -0.2) is 4.79 Å². The largest absolute Gasteiger partial charge is 0.449 e. The summed E-state index contributed by atoms with van der Waals surface area (Å²) in [6, 6.07) is -1.06. The minimum absolute atomic E-state index is 1.06. The summed E-state index contributed by atoms with van der Waals surface area (Å²) in [5.41, 5.74) is -1.42. The Bertz CT molecular complexity index is 221. The van der Waals surface area contributed by atoms with Crippen LogP contribution in [0.5, 0.6) is 0 Å². The van der Waals surface area contributed by atoms with Gasteiger partial charge in [-0.1, -0.05) is 12.6 Å². The molecule has 0 N–H and O–H groups in total. The van der Waals surface area contributed by atoms with Crippen LogP contribution in [0.1, 0.15) is 6.85 Å². The van der Waals surface area contributed by atoms with Gasteiger partial charge in [0.05, 0.1) is 6.85 Å². The summed E-state index contributed by atoms with van der Waals surface area (Å²) in [6.45, 7) is -3.88. The molecule has 0 aromatic rings. The number of hydrogen-bond acceptors (Lipinski definition) is 2. The van der Waals surface area contributed by atoms with Crippen molar-refractivity contribution in [2.75, 3.05) is 6.56 Å². The van der Waals surface area contributed by atoms with Crippen LogP contribution in [0.3, 0.4) is 0 Å². The zero-order valence-corrected chi connectivity index (χ0v) is 3.95. The molecule has 0 fully saturated rings. The summed E-state index contributed by atoms with van der Waals surface area (Å²) >= 11 is 4.68. The molecule has 0 aromatic heterocycles. The van der Waals surface area contributed by atoms with Crippen LogP contribution in [-0.2, 0) is 4.74 Å². The van der Waals surface area contributed by atoms with E-state index in [0.29, 0.717) is 0 Å². The van der Waals surface area contributed by atoms with Crippen molar-refractivity contribution in [3.8, 4) is 0 Å². The highest BCUT2D eigenvalue weighted by Gasteiger charge is 1.87. The fourth-order valence-corrected chi connectivity index (χ4v) is 0.104. The van der Waals surface area contributed by atoms with Gasteiger partial charge < -0.3 is 4.74 Å². The third-order valence-electron chi connectivity index (χ3n) is 0.182. The highest BCUT2D eigenvalue weighted by atomic mass is 35.5. The topological polar surface area (TPSA) is 26.3 Å². The molecule has 0 saturated carbocycles. The van der Waals surface area contributed by atoms with Crippen LogP contribution in [0.25, 0.3) is 0 Å². The first-order chi connectivity index (χ1) is 5.27. The molecule has 0 aliphatic heterocycles. The number of halogens is 1. The van der Waals surface area contributed by atoms with Crippen molar-refractivity contribution in [1.29, 1.82) is 0 Å². The second-order valence-electron chi connectivity index (χ2n) is 0.567. The first-order valence-corrected chi connectivity index (χ1v) is 1.68. The maximum Gasteiger partial charge on any atom is 0.404 e. The lowest BCUT2D eigenvalue weighted by atomic mass is 10.7. The molecule has 0 atom stereocenters. The number of rotatable bonds is 2. The van der Waals surface area contributed by atoms with Crippen LogP contribution in [0.4, 0.5) is 4.79 Å². The summed E-state index contributed by atoms with van der Waals surface area (Å²) in [5, 5.41) is 0. The normalized spacial score (nSPS) is 19.3. The smallest absolute Gasteiger partial charge is 0.404 e. The maximum absolute atomic E-state index is 10.1. The lowest BCUT2D eigenvalue weighted by Gasteiger charge is -1.88. The van der Waals surface area contributed by atoms with Gasteiger partial charge in [0.25, 0.3) is 0 Å². The van der Waals surface area contributed by atoms with Crippen LogP contribution in [0.15, 0.2) is 12.6 Å². The van der Waals surface area contributed by atoms with Gasteiger partial charge in [0, 0.05) is 11.6 Å². The summed E-state index contributed by atoms with van der Waals surface area (Å²) in [5.74, 6) is 0. The minimum atomic E-state index is -2.81. The van der Waals surface area contributed by atoms with Gasteiger partial charge in [0.15, 0.2) is 0 Å². The van der Waals surface area contributed by atoms with Gasteiger partial charge in [-0.3, -0.25) is 0 Å². The first kappa shape index (κ1) is 1.78.